The van der Waals surface area contributed by atoms with Crippen LogP contribution in [0.1, 0.15) is 51.0 Å². The lowest BCUT2D eigenvalue weighted by Crippen LogP contribution is -2.09. The molecule has 3 rings (SSSR count). The van der Waals surface area contributed by atoms with Crippen molar-refractivity contribution in [2.75, 3.05) is 13.7 Å². The summed E-state index contributed by atoms with van der Waals surface area (Å²) in [5.74, 6) is 1.90. The highest BCUT2D eigenvalue weighted by Gasteiger charge is 2.13. The summed E-state index contributed by atoms with van der Waals surface area (Å²) in [5.41, 5.74) is 2.48. The molecule has 0 atom stereocenters. The molecule has 1 aromatic heterocycles. The zero-order chi connectivity index (χ0) is 22.6. The number of aromatic nitrogens is 3. The Kier molecular flexibility index (Phi) is 9.10. The summed E-state index contributed by atoms with van der Waals surface area (Å²) in [7, 11) is 1.62. The van der Waals surface area contributed by atoms with Gasteiger partial charge in [0, 0.05) is 16.7 Å². The normalized spacial score (nSPS) is 10.7. The maximum absolute atomic E-state index is 12.0. The smallest absolute Gasteiger partial charge is 0.497 e. The Balaban J connectivity index is 1.55. The summed E-state index contributed by atoms with van der Waals surface area (Å²) in [5, 5.41) is 7.30. The SMILES string of the molecule is CCCCCCCCOC(=O)OCc1ccccc1-c1nc(-c2cccc(OC)c2)n[nH]1. The Hall–Kier alpha value is -3.35. The molecule has 1 heterocycles. The van der Waals surface area contributed by atoms with E-state index in [1.54, 1.807) is 7.11 Å². The largest absolute Gasteiger partial charge is 0.508 e. The zero-order valence-corrected chi connectivity index (χ0v) is 18.8. The van der Waals surface area contributed by atoms with Crippen LogP contribution in [0.25, 0.3) is 22.8 Å². The summed E-state index contributed by atoms with van der Waals surface area (Å²) in [6, 6.07) is 15.2. The predicted octanol–water partition coefficient (Wildman–Crippen LogP) is 6.16. The van der Waals surface area contributed by atoms with Crippen LogP contribution in [0.15, 0.2) is 48.5 Å². The molecule has 0 saturated carbocycles. The predicted molar refractivity (Wildman–Crippen MR) is 123 cm³/mol. The first-order valence-electron chi connectivity index (χ1n) is 11.2. The highest BCUT2D eigenvalue weighted by molar-refractivity contribution is 5.65. The zero-order valence-electron chi connectivity index (χ0n) is 18.8. The van der Waals surface area contributed by atoms with Crippen molar-refractivity contribution in [3.8, 4) is 28.5 Å². The molecular formula is C25H31N3O4. The van der Waals surface area contributed by atoms with Crippen LogP contribution in [0.4, 0.5) is 4.79 Å². The van der Waals surface area contributed by atoms with Gasteiger partial charge in [0.15, 0.2) is 11.6 Å². The fourth-order valence-electron chi connectivity index (χ4n) is 3.37. The van der Waals surface area contributed by atoms with E-state index >= 15 is 0 Å². The van der Waals surface area contributed by atoms with Gasteiger partial charge in [0.25, 0.3) is 0 Å². The van der Waals surface area contributed by atoms with E-state index in [1.807, 2.05) is 48.5 Å². The van der Waals surface area contributed by atoms with Crippen molar-refractivity contribution in [2.24, 2.45) is 0 Å². The van der Waals surface area contributed by atoms with Crippen molar-refractivity contribution in [3.63, 3.8) is 0 Å². The third-order valence-corrected chi connectivity index (χ3v) is 5.15. The number of methoxy groups -OCH3 is 1. The van der Waals surface area contributed by atoms with Crippen LogP contribution in [0, 0.1) is 0 Å². The number of carbonyl (C=O) groups is 1. The number of ether oxygens (including phenoxy) is 3. The van der Waals surface area contributed by atoms with Gasteiger partial charge in [-0.1, -0.05) is 75.4 Å². The van der Waals surface area contributed by atoms with Gasteiger partial charge in [0.1, 0.15) is 12.4 Å². The van der Waals surface area contributed by atoms with Gasteiger partial charge in [0.2, 0.25) is 0 Å². The monoisotopic (exact) mass is 437 g/mol. The van der Waals surface area contributed by atoms with Gasteiger partial charge in [0.05, 0.1) is 13.7 Å². The van der Waals surface area contributed by atoms with E-state index in [1.165, 1.54) is 25.7 Å². The van der Waals surface area contributed by atoms with Gasteiger partial charge in [-0.3, -0.25) is 5.10 Å². The number of nitrogens with one attached hydrogen (secondary N) is 1. The fourth-order valence-corrected chi connectivity index (χ4v) is 3.37. The van der Waals surface area contributed by atoms with E-state index in [9.17, 15) is 4.79 Å². The highest BCUT2D eigenvalue weighted by Crippen LogP contribution is 2.25. The number of aromatic amines is 1. The van der Waals surface area contributed by atoms with Gasteiger partial charge >= 0.3 is 6.16 Å². The topological polar surface area (TPSA) is 86.3 Å². The second kappa shape index (κ2) is 12.5. The van der Waals surface area contributed by atoms with E-state index < -0.39 is 6.16 Å². The number of carbonyl (C=O) groups excluding carboxylic acids is 1. The molecule has 0 aliphatic carbocycles. The lowest BCUT2D eigenvalue weighted by molar-refractivity contribution is 0.0488. The highest BCUT2D eigenvalue weighted by atomic mass is 16.7. The molecule has 0 radical (unpaired) electrons. The van der Waals surface area contributed by atoms with Crippen molar-refractivity contribution >= 4 is 6.16 Å². The van der Waals surface area contributed by atoms with Crippen molar-refractivity contribution in [1.29, 1.82) is 0 Å². The number of benzene rings is 2. The van der Waals surface area contributed by atoms with Crippen molar-refractivity contribution in [1.82, 2.24) is 15.2 Å². The molecule has 0 aliphatic rings. The fraction of sp³-hybridized carbons (Fsp3) is 0.400. The Labute approximate surface area is 189 Å². The molecule has 3 aromatic rings. The number of unbranched alkanes of at least 4 members (excludes halogenated alkanes) is 5. The van der Waals surface area contributed by atoms with Crippen molar-refractivity contribution in [2.45, 2.75) is 52.1 Å². The molecule has 0 amide bonds. The number of nitrogens with zero attached hydrogens (tertiary/aromatic N) is 2. The molecule has 0 fully saturated rings. The quantitative estimate of drug-likeness (QED) is 0.270. The van der Waals surface area contributed by atoms with Crippen molar-refractivity contribution in [3.05, 3.63) is 54.1 Å². The Morgan fingerprint density at radius 3 is 2.62 bits per heavy atom. The van der Waals surface area contributed by atoms with E-state index in [-0.39, 0.29) is 6.61 Å². The minimum atomic E-state index is -0.650. The third-order valence-electron chi connectivity index (χ3n) is 5.15. The molecular weight excluding hydrogens is 406 g/mol. The van der Waals surface area contributed by atoms with Crippen LogP contribution in [0.2, 0.25) is 0 Å². The second-order valence-electron chi connectivity index (χ2n) is 7.55. The summed E-state index contributed by atoms with van der Waals surface area (Å²) < 4.78 is 15.8. The molecule has 0 saturated heterocycles. The number of hydrogen-bond acceptors (Lipinski definition) is 6. The van der Waals surface area contributed by atoms with Crippen LogP contribution in [-0.4, -0.2) is 35.1 Å². The first-order chi connectivity index (χ1) is 15.7. The summed E-state index contributed by atoms with van der Waals surface area (Å²) >= 11 is 0. The van der Waals surface area contributed by atoms with Crippen LogP contribution >= 0.6 is 0 Å². The standard InChI is InChI=1S/C25H31N3O4/c1-3-4-5-6-7-10-16-31-25(29)32-18-20-12-8-9-15-22(20)24-26-23(27-28-24)19-13-11-14-21(17-19)30-2/h8-9,11-15,17H,3-7,10,16,18H2,1-2H3,(H,26,27,28). The lowest BCUT2D eigenvalue weighted by Gasteiger charge is -2.09. The van der Waals surface area contributed by atoms with Gasteiger partial charge in [-0.15, -0.1) is 0 Å². The number of H-pyrrole nitrogens is 1. The molecule has 0 spiro atoms. The van der Waals surface area contributed by atoms with Crippen LogP contribution in [0.5, 0.6) is 5.75 Å². The maximum Gasteiger partial charge on any atom is 0.508 e. The van der Waals surface area contributed by atoms with E-state index in [4.69, 9.17) is 14.2 Å². The maximum atomic E-state index is 12.0. The van der Waals surface area contributed by atoms with Gasteiger partial charge < -0.3 is 14.2 Å². The van der Waals surface area contributed by atoms with E-state index in [0.29, 0.717) is 18.3 Å². The molecule has 7 nitrogen and oxygen atoms in total. The van der Waals surface area contributed by atoms with Crippen molar-refractivity contribution < 1.29 is 19.0 Å². The number of hydrogen-bond donors (Lipinski definition) is 1. The number of rotatable bonds is 12. The Bertz CT molecular complexity index is 987. The summed E-state index contributed by atoms with van der Waals surface area (Å²) in [6.07, 6.45) is 6.17. The first kappa shape index (κ1) is 23.3. The first-order valence-corrected chi connectivity index (χ1v) is 11.2. The van der Waals surface area contributed by atoms with Gasteiger partial charge in [-0.2, -0.15) is 5.10 Å². The van der Waals surface area contributed by atoms with Crippen LogP contribution < -0.4 is 4.74 Å². The van der Waals surface area contributed by atoms with E-state index in [0.717, 1.165) is 35.3 Å². The Morgan fingerprint density at radius 1 is 0.969 bits per heavy atom. The molecule has 0 bridgehead atoms. The average molecular weight is 438 g/mol. The lowest BCUT2D eigenvalue weighted by atomic mass is 10.1. The van der Waals surface area contributed by atoms with Crippen LogP contribution in [-0.2, 0) is 16.1 Å². The minimum Gasteiger partial charge on any atom is -0.497 e. The molecule has 0 unspecified atom stereocenters. The molecule has 2 aromatic carbocycles. The van der Waals surface area contributed by atoms with Gasteiger partial charge in [-0.25, -0.2) is 9.78 Å². The van der Waals surface area contributed by atoms with E-state index in [2.05, 4.69) is 22.1 Å². The molecule has 1 N–H and O–H groups in total. The Morgan fingerprint density at radius 2 is 1.78 bits per heavy atom. The molecule has 32 heavy (non-hydrogen) atoms. The van der Waals surface area contributed by atoms with Crippen LogP contribution in [0.3, 0.4) is 0 Å². The van der Waals surface area contributed by atoms with Gasteiger partial charge in [-0.05, 0) is 18.6 Å². The summed E-state index contributed by atoms with van der Waals surface area (Å²) in [4.78, 5) is 16.6. The average Bonchev–Trinajstić information content (AvgIpc) is 3.32. The minimum absolute atomic E-state index is 0.0979. The third kappa shape index (κ3) is 6.83. The molecule has 7 heteroatoms. The molecule has 0 aliphatic heterocycles. The summed E-state index contributed by atoms with van der Waals surface area (Å²) in [6.45, 7) is 2.68. The molecule has 170 valence electrons. The second-order valence-corrected chi connectivity index (χ2v) is 7.55.